The topological polar surface area (TPSA) is 110 Å². The summed E-state index contributed by atoms with van der Waals surface area (Å²) in [6, 6.07) is 15.3. The predicted octanol–water partition coefficient (Wildman–Crippen LogP) is 4.34. The number of fused-ring (bicyclic) bond motifs is 2. The average molecular weight is 544 g/mol. The number of nitrogens with zero attached hydrogens (tertiary/aromatic N) is 4. The van der Waals surface area contributed by atoms with Gasteiger partial charge in [0.25, 0.3) is 5.91 Å². The van der Waals surface area contributed by atoms with Crippen molar-refractivity contribution in [2.45, 2.75) is 51.1 Å². The van der Waals surface area contributed by atoms with E-state index in [9.17, 15) is 19.6 Å². The Morgan fingerprint density at radius 3 is 2.48 bits per heavy atom. The van der Waals surface area contributed by atoms with Crippen LogP contribution in [0, 0.1) is 17.2 Å². The molecule has 0 bridgehead atoms. The molecule has 3 amide bonds. The lowest BCUT2D eigenvalue weighted by Crippen LogP contribution is -2.52. The zero-order valence-corrected chi connectivity index (χ0v) is 24.2. The number of hydrogen-bond acceptors (Lipinski definition) is 5. The number of anilines is 1. The summed E-state index contributed by atoms with van der Waals surface area (Å²) in [5.74, 6) is -0.0531. The van der Waals surface area contributed by atoms with Gasteiger partial charge in [-0.15, -0.1) is 0 Å². The normalized spacial score (nSPS) is 17.9. The first kappa shape index (κ1) is 28.7. The summed E-state index contributed by atoms with van der Waals surface area (Å²) in [6.07, 6.45) is 0.550. The van der Waals surface area contributed by atoms with Gasteiger partial charge in [0.05, 0.1) is 18.6 Å². The first-order valence-corrected chi connectivity index (χ1v) is 13.4. The van der Waals surface area contributed by atoms with E-state index in [1.54, 1.807) is 39.2 Å². The van der Waals surface area contributed by atoms with Crippen LogP contribution < -0.4 is 9.64 Å². The summed E-state index contributed by atoms with van der Waals surface area (Å²) in [7, 11) is 6.48. The van der Waals surface area contributed by atoms with Gasteiger partial charge in [0.15, 0.2) is 0 Å². The van der Waals surface area contributed by atoms with Crippen molar-refractivity contribution in [2.75, 3.05) is 33.2 Å². The molecule has 0 saturated heterocycles. The lowest BCUT2D eigenvalue weighted by Gasteiger charge is -2.35. The number of nitriles is 1. The Kier molecular flexibility index (Phi) is 7.92. The number of likely N-dealkylation sites (N-methyl/N-ethyl adjacent to an activating group) is 3. The number of aromatic nitrogens is 1. The van der Waals surface area contributed by atoms with Gasteiger partial charge in [-0.05, 0) is 55.5 Å². The average Bonchev–Trinajstić information content (AvgIpc) is 3.47. The number of para-hydroxylation sites is 1. The van der Waals surface area contributed by atoms with E-state index in [0.717, 1.165) is 22.2 Å². The standard InChI is InChI=1S/C31H37N5O4/c1-19(2)15-26(35(5)28(37)24-16-21-23(33-24)12-10-14-27(21)40-7)29(38)34(4)20(18-32)17-31(3)22-11-8-9-13-25(22)36(6)30(31)39/h8-14,16,19-20,26,33H,15,17H2,1-7H3/t20-,26?,31+/m0/s1. The third-order valence-corrected chi connectivity index (χ3v) is 8.04. The highest BCUT2D eigenvalue weighted by molar-refractivity contribution is 6.07. The van der Waals surface area contributed by atoms with E-state index in [2.05, 4.69) is 11.1 Å². The molecule has 3 aromatic rings. The van der Waals surface area contributed by atoms with Gasteiger partial charge >= 0.3 is 0 Å². The largest absolute Gasteiger partial charge is 0.496 e. The molecule has 0 fully saturated rings. The molecule has 2 heterocycles. The Morgan fingerprint density at radius 2 is 1.82 bits per heavy atom. The van der Waals surface area contributed by atoms with Gasteiger partial charge in [-0.1, -0.05) is 38.1 Å². The molecule has 1 aliphatic heterocycles. The van der Waals surface area contributed by atoms with Crippen molar-refractivity contribution >= 4 is 34.3 Å². The highest BCUT2D eigenvalue weighted by Crippen LogP contribution is 2.44. The molecule has 0 aliphatic carbocycles. The zero-order chi connectivity index (χ0) is 29.4. The molecule has 1 unspecified atom stereocenters. The summed E-state index contributed by atoms with van der Waals surface area (Å²) in [5, 5.41) is 10.9. The van der Waals surface area contributed by atoms with Gasteiger partial charge in [-0.25, -0.2) is 0 Å². The SMILES string of the molecule is COc1cccc2[nH]c(C(=O)N(C)C(CC(C)C)C(=O)N(C)[C@H](C#N)C[C@@]3(C)C(=O)N(C)c4ccccc43)cc12. The maximum absolute atomic E-state index is 14.0. The van der Waals surface area contributed by atoms with Crippen LogP contribution in [0.5, 0.6) is 5.75 Å². The number of methoxy groups -OCH3 is 1. The lowest BCUT2D eigenvalue weighted by molar-refractivity contribution is -0.137. The van der Waals surface area contributed by atoms with Gasteiger partial charge in [-0.3, -0.25) is 14.4 Å². The molecule has 40 heavy (non-hydrogen) atoms. The third-order valence-electron chi connectivity index (χ3n) is 8.04. The molecule has 4 rings (SSSR count). The molecule has 0 spiro atoms. The van der Waals surface area contributed by atoms with E-state index in [1.165, 1.54) is 9.80 Å². The van der Waals surface area contributed by atoms with Crippen LogP contribution in [0.3, 0.4) is 0 Å². The molecule has 1 aromatic heterocycles. The van der Waals surface area contributed by atoms with Crippen molar-refractivity contribution in [1.82, 2.24) is 14.8 Å². The predicted molar refractivity (Wildman–Crippen MR) is 154 cm³/mol. The second kappa shape index (κ2) is 11.0. The highest BCUT2D eigenvalue weighted by Gasteiger charge is 2.48. The van der Waals surface area contributed by atoms with Gasteiger partial charge in [0.2, 0.25) is 11.8 Å². The number of aromatic amines is 1. The zero-order valence-electron chi connectivity index (χ0n) is 24.2. The number of nitrogens with one attached hydrogen (secondary N) is 1. The van der Waals surface area contributed by atoms with Crippen LogP contribution in [0.4, 0.5) is 5.69 Å². The van der Waals surface area contributed by atoms with Crippen molar-refractivity contribution in [1.29, 1.82) is 5.26 Å². The molecule has 3 atom stereocenters. The number of rotatable bonds is 9. The second-order valence-corrected chi connectivity index (χ2v) is 11.2. The fraction of sp³-hybridized carbons (Fsp3) is 0.419. The van der Waals surface area contributed by atoms with Crippen molar-refractivity contribution in [3.8, 4) is 11.8 Å². The summed E-state index contributed by atoms with van der Waals surface area (Å²) in [4.78, 5) is 48.5. The van der Waals surface area contributed by atoms with E-state index in [4.69, 9.17) is 4.74 Å². The maximum atomic E-state index is 14.0. The minimum Gasteiger partial charge on any atom is -0.496 e. The van der Waals surface area contributed by atoms with Crippen molar-refractivity contribution in [2.24, 2.45) is 5.92 Å². The van der Waals surface area contributed by atoms with E-state index >= 15 is 0 Å². The van der Waals surface area contributed by atoms with E-state index in [-0.39, 0.29) is 30.1 Å². The van der Waals surface area contributed by atoms with Gasteiger partial charge in [-0.2, -0.15) is 5.26 Å². The summed E-state index contributed by atoms with van der Waals surface area (Å²) in [5.41, 5.74) is 1.78. The molecule has 9 heteroatoms. The van der Waals surface area contributed by atoms with Crippen LogP contribution in [0.25, 0.3) is 10.9 Å². The van der Waals surface area contributed by atoms with Crippen molar-refractivity contribution in [3.05, 3.63) is 59.8 Å². The number of hydrogen-bond donors (Lipinski definition) is 1. The number of amides is 3. The number of carbonyl (C=O) groups excluding carboxylic acids is 3. The highest BCUT2D eigenvalue weighted by atomic mass is 16.5. The molecule has 9 nitrogen and oxygen atoms in total. The summed E-state index contributed by atoms with van der Waals surface area (Å²) >= 11 is 0. The second-order valence-electron chi connectivity index (χ2n) is 11.2. The first-order chi connectivity index (χ1) is 18.9. The van der Waals surface area contributed by atoms with Gasteiger partial charge in [0, 0.05) is 37.7 Å². The monoisotopic (exact) mass is 543 g/mol. The summed E-state index contributed by atoms with van der Waals surface area (Å²) < 4.78 is 5.43. The molecule has 2 aromatic carbocycles. The van der Waals surface area contributed by atoms with E-state index < -0.39 is 17.5 Å². The Bertz CT molecular complexity index is 1490. The van der Waals surface area contributed by atoms with Crippen LogP contribution in [0.15, 0.2) is 48.5 Å². The third kappa shape index (κ3) is 4.90. The number of carbonyl (C=O) groups is 3. The quantitative estimate of drug-likeness (QED) is 0.432. The molecular formula is C31H37N5O4. The Morgan fingerprint density at radius 1 is 1.12 bits per heavy atom. The fourth-order valence-electron chi connectivity index (χ4n) is 5.69. The molecule has 1 N–H and O–H groups in total. The molecule has 1 aliphatic rings. The first-order valence-electron chi connectivity index (χ1n) is 13.4. The fourth-order valence-corrected chi connectivity index (χ4v) is 5.69. The number of benzene rings is 2. The van der Waals surface area contributed by atoms with E-state index in [1.807, 2.05) is 63.2 Å². The van der Waals surface area contributed by atoms with Crippen molar-refractivity contribution in [3.63, 3.8) is 0 Å². The molecule has 0 radical (unpaired) electrons. The van der Waals surface area contributed by atoms with Crippen LogP contribution >= 0.6 is 0 Å². The minimum atomic E-state index is -0.959. The maximum Gasteiger partial charge on any atom is 0.270 e. The number of ether oxygens (including phenoxy) is 1. The van der Waals surface area contributed by atoms with Gasteiger partial charge in [0.1, 0.15) is 23.5 Å². The summed E-state index contributed by atoms with van der Waals surface area (Å²) in [6.45, 7) is 5.80. The van der Waals surface area contributed by atoms with Crippen LogP contribution in [0.2, 0.25) is 0 Å². The van der Waals surface area contributed by atoms with Crippen LogP contribution in [-0.2, 0) is 15.0 Å². The molecule has 210 valence electrons. The number of H-pyrrole nitrogens is 1. The van der Waals surface area contributed by atoms with Crippen molar-refractivity contribution < 1.29 is 19.1 Å². The Hall–Kier alpha value is -4.32. The smallest absolute Gasteiger partial charge is 0.270 e. The Balaban J connectivity index is 1.60. The molecule has 0 saturated carbocycles. The van der Waals surface area contributed by atoms with E-state index in [0.29, 0.717) is 17.9 Å². The van der Waals surface area contributed by atoms with Crippen LogP contribution in [-0.4, -0.2) is 72.8 Å². The lowest BCUT2D eigenvalue weighted by atomic mass is 9.78. The molecular weight excluding hydrogens is 506 g/mol. The minimum absolute atomic E-state index is 0.107. The van der Waals surface area contributed by atoms with Gasteiger partial charge < -0.3 is 24.4 Å². The Labute approximate surface area is 235 Å². The van der Waals surface area contributed by atoms with Crippen LogP contribution in [0.1, 0.15) is 49.7 Å².